The second-order valence-corrected chi connectivity index (χ2v) is 7.99. The summed E-state index contributed by atoms with van der Waals surface area (Å²) in [5.41, 5.74) is 3.64. The molecule has 1 spiro atoms. The summed E-state index contributed by atoms with van der Waals surface area (Å²) < 4.78 is 10.9. The highest BCUT2D eigenvalue weighted by Gasteiger charge is 2.52. The molecule has 2 aromatic rings. The average molecular weight is 366 g/mol. The monoisotopic (exact) mass is 366 g/mol. The Morgan fingerprint density at radius 2 is 1.89 bits per heavy atom. The Hall–Kier alpha value is -2.08. The molecule has 142 valence electrons. The number of aliphatic hydroxyl groups is 1. The van der Waals surface area contributed by atoms with Crippen molar-refractivity contribution < 1.29 is 14.6 Å². The molecule has 0 radical (unpaired) electrons. The minimum atomic E-state index is -0.393. The molecule has 2 aromatic carbocycles. The van der Waals surface area contributed by atoms with E-state index in [9.17, 15) is 5.11 Å². The second-order valence-electron chi connectivity index (χ2n) is 7.99. The topological polar surface area (TPSA) is 54.0 Å². The van der Waals surface area contributed by atoms with Gasteiger partial charge in [-0.05, 0) is 61.8 Å². The maximum atomic E-state index is 11.5. The van der Waals surface area contributed by atoms with E-state index in [4.69, 9.17) is 9.47 Å². The molecule has 5 rings (SSSR count). The van der Waals surface area contributed by atoms with E-state index in [1.165, 1.54) is 11.1 Å². The number of aliphatic hydroxyl groups excluding tert-OH is 1. The maximum absolute atomic E-state index is 11.5. The number of rotatable bonds is 3. The fourth-order valence-electron chi connectivity index (χ4n) is 5.18. The van der Waals surface area contributed by atoms with E-state index in [1.54, 1.807) is 0 Å². The molecular weight excluding hydrogens is 340 g/mol. The van der Waals surface area contributed by atoms with E-state index in [1.807, 2.05) is 12.1 Å². The molecule has 5 heteroatoms. The Kier molecular flexibility index (Phi) is 4.11. The number of hydrogen-bond donors (Lipinski definition) is 2. The summed E-state index contributed by atoms with van der Waals surface area (Å²) in [5.74, 6) is 1.62. The normalized spacial score (nSPS) is 25.1. The zero-order chi connectivity index (χ0) is 18.4. The summed E-state index contributed by atoms with van der Waals surface area (Å²) in [5, 5.41) is 14.9. The van der Waals surface area contributed by atoms with Crippen molar-refractivity contribution in [1.82, 2.24) is 10.2 Å². The molecular formula is C22H26N2O3. The standard InChI is InChI=1S/C22H26N2O3/c1-24(13-15-6-7-18-19(12-15)27-14-26-18)20-16-4-2-3-5-17(16)22(21(20)25)8-10-23-11-9-22/h2-7,12,20-21,23,25H,8-11,13-14H2,1H3/t20-,21+/m1/s1. The van der Waals surface area contributed by atoms with Gasteiger partial charge in [-0.2, -0.15) is 0 Å². The Morgan fingerprint density at radius 1 is 1.11 bits per heavy atom. The Bertz CT molecular complexity index is 847. The molecule has 1 aliphatic carbocycles. The fraction of sp³-hybridized carbons (Fsp3) is 0.455. The third-order valence-electron chi connectivity index (χ3n) is 6.52. The SMILES string of the molecule is CN(Cc1ccc2c(c1)OCO2)[C@@H]1c2ccccc2C2(CCNCC2)[C@H]1O. The number of hydrogen-bond acceptors (Lipinski definition) is 5. The van der Waals surface area contributed by atoms with E-state index in [-0.39, 0.29) is 11.5 Å². The second kappa shape index (κ2) is 6.51. The molecule has 3 aliphatic rings. The highest BCUT2D eigenvalue weighted by molar-refractivity contribution is 5.46. The number of piperidine rings is 1. The summed E-state index contributed by atoms with van der Waals surface area (Å²) in [6, 6.07) is 14.7. The summed E-state index contributed by atoms with van der Waals surface area (Å²) in [6.07, 6.45) is 1.58. The van der Waals surface area contributed by atoms with Gasteiger partial charge >= 0.3 is 0 Å². The summed E-state index contributed by atoms with van der Waals surface area (Å²) in [4.78, 5) is 2.28. The number of nitrogens with one attached hydrogen (secondary N) is 1. The van der Waals surface area contributed by atoms with Gasteiger partial charge < -0.3 is 19.9 Å². The predicted octanol–water partition coefficient (Wildman–Crippen LogP) is 2.58. The third kappa shape index (κ3) is 2.64. The van der Waals surface area contributed by atoms with Crippen molar-refractivity contribution in [2.75, 3.05) is 26.9 Å². The van der Waals surface area contributed by atoms with Crippen LogP contribution in [0.1, 0.15) is 35.6 Å². The van der Waals surface area contributed by atoms with Gasteiger partial charge in [0.05, 0.1) is 12.1 Å². The summed E-state index contributed by atoms with van der Waals surface area (Å²) in [6.45, 7) is 2.97. The van der Waals surface area contributed by atoms with E-state index < -0.39 is 6.10 Å². The lowest BCUT2D eigenvalue weighted by atomic mass is 9.72. The first-order valence-electron chi connectivity index (χ1n) is 9.76. The van der Waals surface area contributed by atoms with E-state index in [0.29, 0.717) is 6.79 Å². The van der Waals surface area contributed by atoms with Crippen molar-refractivity contribution in [3.63, 3.8) is 0 Å². The van der Waals surface area contributed by atoms with Gasteiger partial charge in [-0.15, -0.1) is 0 Å². The van der Waals surface area contributed by atoms with Gasteiger partial charge in [-0.25, -0.2) is 0 Å². The highest BCUT2D eigenvalue weighted by atomic mass is 16.7. The van der Waals surface area contributed by atoms with Crippen LogP contribution in [-0.4, -0.2) is 43.0 Å². The van der Waals surface area contributed by atoms with E-state index >= 15 is 0 Å². The summed E-state index contributed by atoms with van der Waals surface area (Å²) in [7, 11) is 2.11. The molecule has 2 aliphatic heterocycles. The first kappa shape index (κ1) is 17.0. The van der Waals surface area contributed by atoms with Crippen LogP contribution < -0.4 is 14.8 Å². The molecule has 1 saturated heterocycles. The zero-order valence-corrected chi connectivity index (χ0v) is 15.6. The molecule has 2 N–H and O–H groups in total. The molecule has 0 unspecified atom stereocenters. The number of nitrogens with zero attached hydrogens (tertiary/aromatic N) is 1. The van der Waals surface area contributed by atoms with Crippen LogP contribution in [-0.2, 0) is 12.0 Å². The van der Waals surface area contributed by atoms with Crippen molar-refractivity contribution in [2.45, 2.75) is 36.9 Å². The Labute approximate surface area is 159 Å². The van der Waals surface area contributed by atoms with Gasteiger partial charge in [0, 0.05) is 12.0 Å². The molecule has 0 aromatic heterocycles. The Balaban J connectivity index is 1.45. The molecule has 2 heterocycles. The number of fused-ring (bicyclic) bond motifs is 3. The summed E-state index contributed by atoms with van der Waals surface area (Å²) >= 11 is 0. The van der Waals surface area contributed by atoms with Gasteiger partial charge in [0.25, 0.3) is 0 Å². The van der Waals surface area contributed by atoms with Crippen molar-refractivity contribution in [1.29, 1.82) is 0 Å². The lowest BCUT2D eigenvalue weighted by Gasteiger charge is -2.40. The molecule has 5 nitrogen and oxygen atoms in total. The quantitative estimate of drug-likeness (QED) is 0.875. The maximum Gasteiger partial charge on any atom is 0.231 e. The third-order valence-corrected chi connectivity index (χ3v) is 6.52. The van der Waals surface area contributed by atoms with Crippen LogP contribution in [0.5, 0.6) is 11.5 Å². The van der Waals surface area contributed by atoms with Crippen LogP contribution in [0.3, 0.4) is 0 Å². The average Bonchev–Trinajstić information content (AvgIpc) is 3.24. The van der Waals surface area contributed by atoms with Gasteiger partial charge in [-0.1, -0.05) is 30.3 Å². The van der Waals surface area contributed by atoms with Crippen molar-refractivity contribution >= 4 is 0 Å². The lowest BCUT2D eigenvalue weighted by Crippen LogP contribution is -2.48. The number of benzene rings is 2. The van der Waals surface area contributed by atoms with Crippen molar-refractivity contribution in [3.05, 3.63) is 59.2 Å². The van der Waals surface area contributed by atoms with Crippen molar-refractivity contribution in [3.8, 4) is 11.5 Å². The van der Waals surface area contributed by atoms with Crippen LogP contribution in [0.2, 0.25) is 0 Å². The predicted molar refractivity (Wildman–Crippen MR) is 103 cm³/mol. The van der Waals surface area contributed by atoms with E-state index in [0.717, 1.165) is 49.5 Å². The van der Waals surface area contributed by atoms with Gasteiger partial charge in [0.1, 0.15) is 0 Å². The number of ether oxygens (including phenoxy) is 2. The van der Waals surface area contributed by atoms with Gasteiger partial charge in [0.2, 0.25) is 6.79 Å². The van der Waals surface area contributed by atoms with Gasteiger partial charge in [-0.3, -0.25) is 4.90 Å². The largest absolute Gasteiger partial charge is 0.454 e. The number of likely N-dealkylation sites (N-methyl/N-ethyl adjacent to an activating group) is 1. The van der Waals surface area contributed by atoms with Crippen LogP contribution in [0.15, 0.2) is 42.5 Å². The molecule has 2 atom stereocenters. The van der Waals surface area contributed by atoms with Crippen LogP contribution in [0, 0.1) is 0 Å². The fourth-order valence-corrected chi connectivity index (χ4v) is 5.18. The minimum absolute atomic E-state index is 0.00437. The molecule has 0 saturated carbocycles. The first-order valence-corrected chi connectivity index (χ1v) is 9.76. The van der Waals surface area contributed by atoms with Crippen LogP contribution in [0.25, 0.3) is 0 Å². The Morgan fingerprint density at radius 3 is 2.74 bits per heavy atom. The smallest absolute Gasteiger partial charge is 0.231 e. The minimum Gasteiger partial charge on any atom is -0.454 e. The molecule has 1 fully saturated rings. The zero-order valence-electron chi connectivity index (χ0n) is 15.6. The van der Waals surface area contributed by atoms with E-state index in [2.05, 4.69) is 47.6 Å². The van der Waals surface area contributed by atoms with Crippen molar-refractivity contribution in [2.24, 2.45) is 0 Å². The molecule has 0 amide bonds. The van der Waals surface area contributed by atoms with Crippen LogP contribution >= 0.6 is 0 Å². The van der Waals surface area contributed by atoms with Crippen LogP contribution in [0.4, 0.5) is 0 Å². The highest BCUT2D eigenvalue weighted by Crippen LogP contribution is 2.52. The lowest BCUT2D eigenvalue weighted by molar-refractivity contribution is 0.00419. The van der Waals surface area contributed by atoms with Gasteiger partial charge in [0.15, 0.2) is 11.5 Å². The molecule has 0 bridgehead atoms. The first-order chi connectivity index (χ1) is 13.2. The molecule has 27 heavy (non-hydrogen) atoms.